The summed E-state index contributed by atoms with van der Waals surface area (Å²) >= 11 is 1.35. The van der Waals surface area contributed by atoms with Crippen molar-refractivity contribution in [3.8, 4) is 0 Å². The highest BCUT2D eigenvalue weighted by Crippen LogP contribution is 2.31. The predicted octanol–water partition coefficient (Wildman–Crippen LogP) is 1.68. The van der Waals surface area contributed by atoms with E-state index in [9.17, 15) is 9.59 Å². The van der Waals surface area contributed by atoms with E-state index in [0.717, 1.165) is 0 Å². The molecule has 1 aliphatic heterocycles. The molecule has 0 aliphatic carbocycles. The Morgan fingerprint density at radius 3 is 2.88 bits per heavy atom. The first-order chi connectivity index (χ1) is 12.5. The molecule has 0 aromatic carbocycles. The molecule has 138 valence electrons. The van der Waals surface area contributed by atoms with Gasteiger partial charge in [0.15, 0.2) is 5.16 Å². The number of furan rings is 1. The van der Waals surface area contributed by atoms with Crippen molar-refractivity contribution in [2.75, 3.05) is 12.4 Å². The van der Waals surface area contributed by atoms with Gasteiger partial charge < -0.3 is 24.4 Å². The summed E-state index contributed by atoms with van der Waals surface area (Å²) in [4.78, 5) is 24.7. The largest absolute Gasteiger partial charge is 0.464 e. The first-order valence-electron chi connectivity index (χ1n) is 8.00. The fraction of sp³-hybridized carbons (Fsp3) is 0.375. The molecule has 0 bridgehead atoms. The van der Waals surface area contributed by atoms with Crippen molar-refractivity contribution in [1.29, 1.82) is 0 Å². The average molecular weight is 377 g/mol. The lowest BCUT2D eigenvalue weighted by Crippen LogP contribution is -2.46. The van der Waals surface area contributed by atoms with Gasteiger partial charge in [0, 0.05) is 18.5 Å². The van der Waals surface area contributed by atoms with E-state index in [1.807, 2.05) is 7.05 Å². The maximum atomic E-state index is 12.6. The summed E-state index contributed by atoms with van der Waals surface area (Å²) in [6, 6.07) is 2.38. The lowest BCUT2D eigenvalue weighted by Gasteiger charge is -2.27. The van der Waals surface area contributed by atoms with Crippen LogP contribution >= 0.6 is 11.8 Å². The van der Waals surface area contributed by atoms with E-state index >= 15 is 0 Å². The third-order valence-corrected chi connectivity index (χ3v) is 4.77. The lowest BCUT2D eigenvalue weighted by atomic mass is 10.0. The molecular formula is C16H19N5O4S. The second kappa shape index (κ2) is 7.65. The van der Waals surface area contributed by atoms with Crippen molar-refractivity contribution in [3.63, 3.8) is 0 Å². The van der Waals surface area contributed by atoms with Gasteiger partial charge in [0.25, 0.3) is 0 Å². The van der Waals surface area contributed by atoms with Crippen LogP contribution in [0.3, 0.4) is 0 Å². The van der Waals surface area contributed by atoms with Crippen molar-refractivity contribution in [1.82, 2.24) is 25.4 Å². The van der Waals surface area contributed by atoms with E-state index in [0.29, 0.717) is 33.7 Å². The second-order valence-electron chi connectivity index (χ2n) is 5.61. The van der Waals surface area contributed by atoms with E-state index in [-0.39, 0.29) is 6.61 Å². The summed E-state index contributed by atoms with van der Waals surface area (Å²) in [6.07, 6.45) is 1.58. The number of amides is 2. The van der Waals surface area contributed by atoms with E-state index in [1.54, 1.807) is 36.9 Å². The smallest absolute Gasteiger partial charge is 0.338 e. The van der Waals surface area contributed by atoms with Crippen LogP contribution in [0.5, 0.6) is 0 Å². The average Bonchev–Trinajstić information content (AvgIpc) is 3.20. The van der Waals surface area contributed by atoms with E-state index in [2.05, 4.69) is 20.8 Å². The van der Waals surface area contributed by atoms with Gasteiger partial charge in [-0.2, -0.15) is 0 Å². The van der Waals surface area contributed by atoms with Gasteiger partial charge in [0.05, 0.1) is 12.2 Å². The zero-order chi connectivity index (χ0) is 18.7. The van der Waals surface area contributed by atoms with Gasteiger partial charge in [-0.05, 0) is 26.0 Å². The standard InChI is InChI=1S/C16H19N5O4S/c1-4-24-14(22)12-10(7-26-16-20-17-8-21(16)3)18-15(23)19-13(12)11-6-5-9(2)25-11/h5-6,8,13H,4,7H2,1-3H3,(H2,18,19,23). The van der Waals surface area contributed by atoms with Crippen molar-refractivity contribution < 1.29 is 18.7 Å². The van der Waals surface area contributed by atoms with E-state index in [4.69, 9.17) is 9.15 Å². The minimum atomic E-state index is -0.716. The van der Waals surface area contributed by atoms with Crippen molar-refractivity contribution >= 4 is 23.8 Å². The zero-order valence-corrected chi connectivity index (χ0v) is 15.4. The number of thioether (sulfide) groups is 1. The molecule has 26 heavy (non-hydrogen) atoms. The molecule has 0 spiro atoms. The van der Waals surface area contributed by atoms with Crippen LogP contribution in [0.15, 0.2) is 39.3 Å². The Bertz CT molecular complexity index is 856. The van der Waals surface area contributed by atoms with Crippen LogP contribution in [0.1, 0.15) is 24.5 Å². The Balaban J connectivity index is 1.96. The predicted molar refractivity (Wildman–Crippen MR) is 93.2 cm³/mol. The van der Waals surface area contributed by atoms with Gasteiger partial charge in [-0.25, -0.2) is 9.59 Å². The van der Waals surface area contributed by atoms with Crippen LogP contribution in [0.2, 0.25) is 0 Å². The third-order valence-electron chi connectivity index (χ3n) is 3.71. The van der Waals surface area contributed by atoms with Crippen LogP contribution in [-0.2, 0) is 16.6 Å². The van der Waals surface area contributed by atoms with Crippen LogP contribution in [0, 0.1) is 6.92 Å². The Hall–Kier alpha value is -2.75. The second-order valence-corrected chi connectivity index (χ2v) is 6.55. The maximum absolute atomic E-state index is 12.6. The Kier molecular flexibility index (Phi) is 5.31. The molecule has 0 fully saturated rings. The normalized spacial score (nSPS) is 17.0. The molecule has 10 heteroatoms. The number of nitrogens with one attached hydrogen (secondary N) is 2. The van der Waals surface area contributed by atoms with Crippen LogP contribution < -0.4 is 10.6 Å². The molecule has 9 nitrogen and oxygen atoms in total. The quantitative estimate of drug-likeness (QED) is 0.582. The summed E-state index contributed by atoms with van der Waals surface area (Å²) in [5.74, 6) is 0.977. The molecule has 1 atom stereocenters. The highest BCUT2D eigenvalue weighted by atomic mass is 32.2. The summed E-state index contributed by atoms with van der Waals surface area (Å²) in [7, 11) is 1.82. The fourth-order valence-electron chi connectivity index (χ4n) is 2.54. The number of esters is 1. The Labute approximate surface area is 154 Å². The Morgan fingerprint density at radius 1 is 1.46 bits per heavy atom. The molecule has 2 aromatic heterocycles. The minimum absolute atomic E-state index is 0.226. The molecule has 0 saturated carbocycles. The molecule has 1 aliphatic rings. The summed E-state index contributed by atoms with van der Waals surface area (Å²) in [6.45, 7) is 3.75. The SMILES string of the molecule is CCOC(=O)C1=C(CSc2nncn2C)NC(=O)NC1c1ccc(C)o1. The number of hydrogen-bond donors (Lipinski definition) is 2. The fourth-order valence-corrected chi connectivity index (χ4v) is 3.40. The minimum Gasteiger partial charge on any atom is -0.464 e. The molecule has 0 radical (unpaired) electrons. The number of rotatable bonds is 6. The number of carbonyl (C=O) groups excluding carboxylic acids is 2. The van der Waals surface area contributed by atoms with Crippen molar-refractivity contribution in [3.05, 3.63) is 41.3 Å². The Morgan fingerprint density at radius 2 is 2.27 bits per heavy atom. The van der Waals surface area contributed by atoms with Gasteiger partial charge in [0.2, 0.25) is 0 Å². The van der Waals surface area contributed by atoms with Crippen LogP contribution in [0.4, 0.5) is 4.79 Å². The van der Waals surface area contributed by atoms with Gasteiger partial charge in [0.1, 0.15) is 23.9 Å². The maximum Gasteiger partial charge on any atom is 0.338 e. The highest BCUT2D eigenvalue weighted by Gasteiger charge is 2.35. The summed E-state index contributed by atoms with van der Waals surface area (Å²) in [5, 5.41) is 13.9. The van der Waals surface area contributed by atoms with Gasteiger partial charge >= 0.3 is 12.0 Å². The molecule has 2 amide bonds. The zero-order valence-electron chi connectivity index (χ0n) is 14.6. The number of aryl methyl sites for hydroxylation is 2. The van der Waals surface area contributed by atoms with Crippen LogP contribution in [0.25, 0.3) is 0 Å². The molecule has 2 N–H and O–H groups in total. The number of aromatic nitrogens is 3. The molecule has 3 heterocycles. The van der Waals surface area contributed by atoms with Crippen molar-refractivity contribution in [2.45, 2.75) is 25.0 Å². The molecule has 1 unspecified atom stereocenters. The van der Waals surface area contributed by atoms with Gasteiger partial charge in [-0.3, -0.25) is 0 Å². The molecular weight excluding hydrogens is 358 g/mol. The number of carbonyl (C=O) groups is 2. The number of nitrogens with zero attached hydrogens (tertiary/aromatic N) is 3. The van der Waals surface area contributed by atoms with Gasteiger partial charge in [-0.15, -0.1) is 10.2 Å². The third kappa shape index (κ3) is 3.74. The van der Waals surface area contributed by atoms with E-state index in [1.165, 1.54) is 11.8 Å². The van der Waals surface area contributed by atoms with Crippen molar-refractivity contribution in [2.24, 2.45) is 7.05 Å². The monoisotopic (exact) mass is 377 g/mol. The lowest BCUT2D eigenvalue weighted by molar-refractivity contribution is -0.139. The first kappa shape index (κ1) is 18.1. The van der Waals surface area contributed by atoms with Gasteiger partial charge in [-0.1, -0.05) is 11.8 Å². The molecule has 3 rings (SSSR count). The van der Waals surface area contributed by atoms with E-state index < -0.39 is 18.0 Å². The summed E-state index contributed by atoms with van der Waals surface area (Å²) < 4.78 is 12.6. The number of hydrogen-bond acceptors (Lipinski definition) is 7. The van der Waals surface area contributed by atoms with Crippen LogP contribution in [-0.4, -0.2) is 39.1 Å². The number of ether oxygens (including phenoxy) is 1. The summed E-state index contributed by atoms with van der Waals surface area (Å²) in [5.41, 5.74) is 0.773. The molecule has 0 saturated heterocycles. The highest BCUT2D eigenvalue weighted by molar-refractivity contribution is 7.99. The number of urea groups is 1. The first-order valence-corrected chi connectivity index (χ1v) is 8.99. The molecule has 2 aromatic rings. The topological polar surface area (TPSA) is 111 Å².